The molecular formula is C18H21ClN2O3S. The van der Waals surface area contributed by atoms with Crippen molar-refractivity contribution in [2.75, 3.05) is 19.4 Å². The molecule has 1 N–H and O–H groups in total. The Morgan fingerprint density at radius 3 is 2.40 bits per heavy atom. The fourth-order valence-corrected chi connectivity index (χ4v) is 3.54. The summed E-state index contributed by atoms with van der Waals surface area (Å²) in [7, 11) is -0.634. The lowest BCUT2D eigenvalue weighted by atomic mass is 10.1. The number of sulfonamides is 1. The van der Waals surface area contributed by atoms with Crippen LogP contribution in [0.3, 0.4) is 0 Å². The van der Waals surface area contributed by atoms with Crippen LogP contribution in [0.1, 0.15) is 16.7 Å². The van der Waals surface area contributed by atoms with Gasteiger partial charge in [-0.05, 0) is 48.7 Å². The van der Waals surface area contributed by atoms with E-state index in [1.54, 1.807) is 24.3 Å². The maximum Gasteiger partial charge on any atom is 0.242 e. The lowest BCUT2D eigenvalue weighted by Crippen LogP contribution is -2.23. The second kappa shape index (κ2) is 7.56. The fourth-order valence-electron chi connectivity index (χ4n) is 2.32. The Labute approximate surface area is 153 Å². The van der Waals surface area contributed by atoms with Crippen LogP contribution in [0.4, 0.5) is 5.69 Å². The molecule has 0 aliphatic carbocycles. The van der Waals surface area contributed by atoms with Crippen LogP contribution in [0.2, 0.25) is 5.02 Å². The predicted molar refractivity (Wildman–Crippen MR) is 101 cm³/mol. The number of hydrogen-bond donors (Lipinski definition) is 1. The number of amides is 1. The summed E-state index contributed by atoms with van der Waals surface area (Å²) in [6.07, 6.45) is 0.114. The average molecular weight is 381 g/mol. The maximum atomic E-state index is 12.4. The highest BCUT2D eigenvalue weighted by atomic mass is 35.5. The molecule has 25 heavy (non-hydrogen) atoms. The number of nitrogens with zero attached hydrogens (tertiary/aromatic N) is 1. The van der Waals surface area contributed by atoms with E-state index in [4.69, 9.17) is 11.6 Å². The number of carbonyl (C=O) groups excluding carboxylic acids is 1. The van der Waals surface area contributed by atoms with Crippen molar-refractivity contribution >= 4 is 33.2 Å². The maximum absolute atomic E-state index is 12.4. The summed E-state index contributed by atoms with van der Waals surface area (Å²) in [6, 6.07) is 10.2. The van der Waals surface area contributed by atoms with Crippen LogP contribution < -0.4 is 5.32 Å². The summed E-state index contributed by atoms with van der Waals surface area (Å²) in [6.45, 7) is 3.65. The number of rotatable bonds is 5. The molecule has 0 saturated carbocycles. The number of nitrogens with one attached hydrogen (secondary N) is 1. The van der Waals surface area contributed by atoms with Crippen LogP contribution >= 0.6 is 11.6 Å². The van der Waals surface area contributed by atoms with Crippen molar-refractivity contribution in [1.82, 2.24) is 4.31 Å². The van der Waals surface area contributed by atoms with Crippen molar-refractivity contribution < 1.29 is 13.2 Å². The molecular weight excluding hydrogens is 360 g/mol. The molecule has 7 heteroatoms. The summed E-state index contributed by atoms with van der Waals surface area (Å²) in [5, 5.41) is 3.32. The molecule has 2 aromatic carbocycles. The van der Waals surface area contributed by atoms with Crippen molar-refractivity contribution in [3.05, 3.63) is 58.1 Å². The lowest BCUT2D eigenvalue weighted by molar-refractivity contribution is -0.115. The first-order valence-corrected chi connectivity index (χ1v) is 9.51. The van der Waals surface area contributed by atoms with E-state index in [1.165, 1.54) is 20.2 Å². The van der Waals surface area contributed by atoms with Crippen LogP contribution in [0.5, 0.6) is 0 Å². The van der Waals surface area contributed by atoms with Gasteiger partial charge in [-0.1, -0.05) is 29.8 Å². The van der Waals surface area contributed by atoms with Gasteiger partial charge in [-0.15, -0.1) is 0 Å². The Morgan fingerprint density at radius 1 is 1.16 bits per heavy atom. The minimum absolute atomic E-state index is 0.114. The van der Waals surface area contributed by atoms with Gasteiger partial charge in [-0.25, -0.2) is 12.7 Å². The molecule has 0 spiro atoms. The fraction of sp³-hybridized carbons (Fsp3) is 0.278. The molecule has 2 aromatic rings. The minimum atomic E-state index is -3.58. The first kappa shape index (κ1) is 19.4. The SMILES string of the molecule is Cc1cc(S(=O)(=O)N(C)C)cc(NC(=O)Cc2ccccc2Cl)c1C. The molecule has 0 aliphatic heterocycles. The monoisotopic (exact) mass is 380 g/mol. The Bertz CT molecular complexity index is 909. The molecule has 0 heterocycles. The average Bonchev–Trinajstić information content (AvgIpc) is 2.53. The molecule has 0 aliphatic rings. The van der Waals surface area contributed by atoms with Gasteiger partial charge in [0.2, 0.25) is 15.9 Å². The minimum Gasteiger partial charge on any atom is -0.326 e. The van der Waals surface area contributed by atoms with E-state index < -0.39 is 10.0 Å². The molecule has 0 atom stereocenters. The molecule has 0 saturated heterocycles. The zero-order chi connectivity index (χ0) is 18.8. The van der Waals surface area contributed by atoms with E-state index >= 15 is 0 Å². The number of hydrogen-bond acceptors (Lipinski definition) is 3. The molecule has 134 valence electrons. The first-order valence-electron chi connectivity index (χ1n) is 7.70. The van der Waals surface area contributed by atoms with Gasteiger partial charge >= 0.3 is 0 Å². The van der Waals surface area contributed by atoms with Gasteiger partial charge in [0.25, 0.3) is 0 Å². The topological polar surface area (TPSA) is 66.5 Å². The third-order valence-corrected chi connectivity index (χ3v) is 6.16. The van der Waals surface area contributed by atoms with Gasteiger partial charge in [0, 0.05) is 24.8 Å². The zero-order valence-corrected chi connectivity index (χ0v) is 16.2. The molecule has 2 rings (SSSR count). The number of halogens is 1. The van der Waals surface area contributed by atoms with Crippen LogP contribution in [-0.2, 0) is 21.2 Å². The van der Waals surface area contributed by atoms with Gasteiger partial charge in [-0.3, -0.25) is 4.79 Å². The second-order valence-electron chi connectivity index (χ2n) is 6.02. The van der Waals surface area contributed by atoms with Crippen molar-refractivity contribution in [3.63, 3.8) is 0 Å². The number of anilines is 1. The van der Waals surface area contributed by atoms with E-state index in [0.29, 0.717) is 16.3 Å². The largest absolute Gasteiger partial charge is 0.326 e. The molecule has 0 fully saturated rings. The molecule has 0 unspecified atom stereocenters. The Balaban J connectivity index is 2.32. The quantitative estimate of drug-likeness (QED) is 0.864. The smallest absolute Gasteiger partial charge is 0.242 e. The first-order chi connectivity index (χ1) is 11.6. The highest BCUT2D eigenvalue weighted by Gasteiger charge is 2.20. The molecule has 1 amide bonds. The Kier molecular flexibility index (Phi) is 5.87. The molecule has 0 bridgehead atoms. The van der Waals surface area contributed by atoms with Crippen LogP contribution in [0.25, 0.3) is 0 Å². The van der Waals surface area contributed by atoms with E-state index in [-0.39, 0.29) is 17.2 Å². The van der Waals surface area contributed by atoms with E-state index in [1.807, 2.05) is 19.9 Å². The summed E-state index contributed by atoms with van der Waals surface area (Å²) in [4.78, 5) is 12.5. The molecule has 0 radical (unpaired) electrons. The van der Waals surface area contributed by atoms with Crippen molar-refractivity contribution in [3.8, 4) is 0 Å². The molecule has 5 nitrogen and oxygen atoms in total. The van der Waals surface area contributed by atoms with Gasteiger partial charge < -0.3 is 5.32 Å². The summed E-state index contributed by atoms with van der Waals surface area (Å²) in [5.41, 5.74) is 2.81. The Morgan fingerprint density at radius 2 is 1.80 bits per heavy atom. The summed E-state index contributed by atoms with van der Waals surface area (Å²) >= 11 is 6.08. The molecule has 0 aromatic heterocycles. The third kappa shape index (κ3) is 4.39. The highest BCUT2D eigenvalue weighted by Crippen LogP contribution is 2.26. The van der Waals surface area contributed by atoms with Gasteiger partial charge in [0.05, 0.1) is 11.3 Å². The van der Waals surface area contributed by atoms with Crippen molar-refractivity contribution in [2.24, 2.45) is 0 Å². The van der Waals surface area contributed by atoms with Gasteiger partial charge in [-0.2, -0.15) is 0 Å². The van der Waals surface area contributed by atoms with Crippen LogP contribution in [-0.4, -0.2) is 32.7 Å². The lowest BCUT2D eigenvalue weighted by Gasteiger charge is -2.16. The highest BCUT2D eigenvalue weighted by molar-refractivity contribution is 7.89. The zero-order valence-electron chi connectivity index (χ0n) is 14.6. The number of carbonyl (C=O) groups is 1. The van der Waals surface area contributed by atoms with E-state index in [0.717, 1.165) is 15.4 Å². The Hall–Kier alpha value is -1.89. The van der Waals surface area contributed by atoms with Gasteiger partial charge in [0.1, 0.15) is 0 Å². The van der Waals surface area contributed by atoms with Crippen LogP contribution in [0.15, 0.2) is 41.3 Å². The van der Waals surface area contributed by atoms with E-state index in [9.17, 15) is 13.2 Å². The van der Waals surface area contributed by atoms with Crippen molar-refractivity contribution in [1.29, 1.82) is 0 Å². The second-order valence-corrected chi connectivity index (χ2v) is 8.58. The van der Waals surface area contributed by atoms with Crippen molar-refractivity contribution in [2.45, 2.75) is 25.2 Å². The van der Waals surface area contributed by atoms with Crippen LogP contribution in [0, 0.1) is 13.8 Å². The number of benzene rings is 2. The van der Waals surface area contributed by atoms with Gasteiger partial charge in [0.15, 0.2) is 0 Å². The number of aryl methyl sites for hydroxylation is 1. The standard InChI is InChI=1S/C18H21ClN2O3S/c1-12-9-15(25(23,24)21(3)4)11-17(13(12)2)20-18(22)10-14-7-5-6-8-16(14)19/h5-9,11H,10H2,1-4H3,(H,20,22). The predicted octanol–water partition coefficient (Wildman–Crippen LogP) is 3.39. The third-order valence-electron chi connectivity index (χ3n) is 4.00. The van der Waals surface area contributed by atoms with E-state index in [2.05, 4.69) is 5.32 Å². The summed E-state index contributed by atoms with van der Waals surface area (Å²) in [5.74, 6) is -0.255. The normalized spacial score (nSPS) is 11.6. The summed E-state index contributed by atoms with van der Waals surface area (Å²) < 4.78 is 25.9.